The molecule has 4 heterocycles. The number of anilines is 2. The number of hydrogen-bond acceptors (Lipinski definition) is 17. The second-order valence-electron chi connectivity index (χ2n) is 20.3. The first-order valence-corrected chi connectivity index (χ1v) is 28.3. The fourth-order valence-electron chi connectivity index (χ4n) is 9.05. The maximum atomic E-state index is 14.9. The zero-order valence-corrected chi connectivity index (χ0v) is 48.1. The molecule has 80 heavy (non-hydrogen) atoms. The number of aliphatic hydroxyl groups is 1. The molecule has 4 amide bonds. The number of methoxy groups -OCH3 is 1. The average Bonchev–Trinajstić information content (AvgIpc) is 4.10. The van der Waals surface area contributed by atoms with Crippen LogP contribution in [0.25, 0.3) is 21.3 Å². The highest BCUT2D eigenvalue weighted by molar-refractivity contribution is 7.13. The van der Waals surface area contributed by atoms with Gasteiger partial charge in [0, 0.05) is 63.3 Å². The standard InChI is InChI=1S/C56H71Cl2FN8O12S/c1-35-51(80-34-63-35)37-8-6-36(7-9-37)31-60-54(71)44-28-38(68)32-67(44)55(72)52(56(2,3)4)65-47(69)14-18-74-20-22-76-24-26-78-27-25-77-23-21-75-19-15-48(70)66-16-12-39(13-17-66)79-46-29-40-43(30-45(46)73-5)61-33-62-53(40)64-42-11-10-41(57)49(58)50(42)59/h6-11,29-30,33-34,38-39,44,52,68H,12-28,31-32H2,1-5H3,(H,60,71)(H,65,69)(H,61,62,64)/t38-,44+,52-/m1/s1. The largest absolute Gasteiger partial charge is 0.493 e. The van der Waals surface area contributed by atoms with E-state index in [1.54, 1.807) is 23.5 Å². The summed E-state index contributed by atoms with van der Waals surface area (Å²) in [4.78, 5) is 70.6. The third kappa shape index (κ3) is 17.6. The summed E-state index contributed by atoms with van der Waals surface area (Å²) in [5, 5.41) is 19.8. The quantitative estimate of drug-likeness (QED) is 0.0272. The maximum Gasteiger partial charge on any atom is 0.246 e. The number of aromatic nitrogens is 3. The summed E-state index contributed by atoms with van der Waals surface area (Å²) in [7, 11) is 1.54. The van der Waals surface area contributed by atoms with E-state index in [0.717, 1.165) is 21.7 Å². The zero-order valence-electron chi connectivity index (χ0n) is 45.7. The van der Waals surface area contributed by atoms with Gasteiger partial charge in [-0.3, -0.25) is 19.2 Å². The van der Waals surface area contributed by atoms with Crippen molar-refractivity contribution in [1.82, 2.24) is 35.4 Å². The number of hydrogen-bond donors (Lipinski definition) is 4. The van der Waals surface area contributed by atoms with Crippen LogP contribution in [0.15, 0.2) is 60.4 Å². The fraction of sp³-hybridized carbons (Fsp3) is 0.518. The van der Waals surface area contributed by atoms with Crippen molar-refractivity contribution in [3.63, 3.8) is 0 Å². The molecule has 20 nitrogen and oxygen atoms in total. The number of nitrogens with one attached hydrogen (secondary N) is 3. The summed E-state index contributed by atoms with van der Waals surface area (Å²) in [6.45, 7) is 11.8. The number of fused-ring (bicyclic) bond motifs is 1. The lowest BCUT2D eigenvalue weighted by Gasteiger charge is -2.35. The monoisotopic (exact) mass is 1170 g/mol. The van der Waals surface area contributed by atoms with E-state index in [0.29, 0.717) is 100 Å². The van der Waals surface area contributed by atoms with E-state index >= 15 is 0 Å². The Labute approximate surface area is 479 Å². The van der Waals surface area contributed by atoms with Crippen molar-refractivity contribution in [3.05, 3.63) is 87.5 Å². The van der Waals surface area contributed by atoms with Crippen molar-refractivity contribution in [3.8, 4) is 21.9 Å². The summed E-state index contributed by atoms with van der Waals surface area (Å²) < 4.78 is 54.8. The summed E-state index contributed by atoms with van der Waals surface area (Å²) >= 11 is 13.6. The number of thiazole rings is 1. The summed E-state index contributed by atoms with van der Waals surface area (Å²) in [6.07, 6.45) is 1.86. The van der Waals surface area contributed by atoms with E-state index in [1.807, 2.05) is 62.4 Å². The Morgan fingerprint density at radius 1 is 0.838 bits per heavy atom. The van der Waals surface area contributed by atoms with Crippen LogP contribution in [0, 0.1) is 18.2 Å². The molecular formula is C56H71Cl2FN8O12S. The third-order valence-electron chi connectivity index (χ3n) is 13.4. The van der Waals surface area contributed by atoms with Gasteiger partial charge in [-0.2, -0.15) is 0 Å². The molecule has 5 aromatic rings. The van der Waals surface area contributed by atoms with Gasteiger partial charge in [-0.25, -0.2) is 19.3 Å². The number of benzene rings is 3. The van der Waals surface area contributed by atoms with Gasteiger partial charge in [0.25, 0.3) is 0 Å². The Hall–Kier alpha value is -5.82. The first kappa shape index (κ1) is 61.8. The lowest BCUT2D eigenvalue weighted by molar-refractivity contribution is -0.144. The van der Waals surface area contributed by atoms with Gasteiger partial charge in [0.15, 0.2) is 17.3 Å². The minimum atomic E-state index is -0.943. The van der Waals surface area contributed by atoms with Gasteiger partial charge < -0.3 is 64.0 Å². The molecule has 0 bridgehead atoms. The Balaban J connectivity index is 0.685. The lowest BCUT2D eigenvalue weighted by Crippen LogP contribution is -2.57. The van der Waals surface area contributed by atoms with Crippen molar-refractivity contribution in [2.45, 2.75) is 90.6 Å². The number of aryl methyl sites for hydroxylation is 1. The first-order chi connectivity index (χ1) is 38.5. The number of carbonyl (C=O) groups is 4. The Kier molecular flexibility index (Phi) is 23.4. The van der Waals surface area contributed by atoms with Gasteiger partial charge in [-0.05, 0) is 41.7 Å². The number of halogens is 3. The number of nitrogens with zero attached hydrogens (tertiary/aromatic N) is 5. The molecule has 2 saturated heterocycles. The molecule has 24 heteroatoms. The van der Waals surface area contributed by atoms with E-state index in [2.05, 4.69) is 30.9 Å². The van der Waals surface area contributed by atoms with Crippen LogP contribution in [0.5, 0.6) is 11.5 Å². The number of amides is 4. The highest BCUT2D eigenvalue weighted by atomic mass is 35.5. The van der Waals surface area contributed by atoms with Crippen molar-refractivity contribution >= 4 is 80.6 Å². The molecule has 2 aromatic heterocycles. The zero-order chi connectivity index (χ0) is 57.2. The second-order valence-corrected chi connectivity index (χ2v) is 21.9. The molecule has 0 radical (unpaired) electrons. The number of likely N-dealkylation sites (tertiary alicyclic amines) is 2. The normalized spacial score (nSPS) is 16.2. The molecule has 7 rings (SSSR count). The number of ether oxygens (including phenoxy) is 7. The van der Waals surface area contributed by atoms with Gasteiger partial charge in [0.2, 0.25) is 23.6 Å². The molecular weight excluding hydrogens is 1100 g/mol. The Morgan fingerprint density at radius 2 is 1.48 bits per heavy atom. The summed E-state index contributed by atoms with van der Waals surface area (Å²) in [6, 6.07) is 12.5. The topological polar surface area (TPSA) is 234 Å². The highest BCUT2D eigenvalue weighted by Crippen LogP contribution is 2.38. The fourth-order valence-corrected chi connectivity index (χ4v) is 10.2. The van der Waals surface area contributed by atoms with E-state index < -0.39 is 35.3 Å². The van der Waals surface area contributed by atoms with Crippen LogP contribution >= 0.6 is 34.5 Å². The van der Waals surface area contributed by atoms with Gasteiger partial charge in [-0.1, -0.05) is 68.2 Å². The molecule has 434 valence electrons. The van der Waals surface area contributed by atoms with Crippen LogP contribution in [0.3, 0.4) is 0 Å². The van der Waals surface area contributed by atoms with Crippen LogP contribution in [-0.4, -0.2) is 171 Å². The Morgan fingerprint density at radius 3 is 2.09 bits per heavy atom. The molecule has 3 aromatic carbocycles. The predicted molar refractivity (Wildman–Crippen MR) is 301 cm³/mol. The molecule has 2 aliphatic heterocycles. The number of piperidine rings is 1. The van der Waals surface area contributed by atoms with Crippen molar-refractivity contribution < 1.29 is 61.8 Å². The third-order valence-corrected chi connectivity index (χ3v) is 15.2. The van der Waals surface area contributed by atoms with Crippen molar-refractivity contribution in [2.24, 2.45) is 5.41 Å². The minimum absolute atomic E-state index is 0.00309. The van der Waals surface area contributed by atoms with Gasteiger partial charge in [0.1, 0.15) is 30.3 Å². The second kappa shape index (κ2) is 30.3. The molecule has 2 fully saturated rings. The first-order valence-electron chi connectivity index (χ1n) is 26.6. The van der Waals surface area contributed by atoms with Crippen LogP contribution in [0.2, 0.25) is 10.0 Å². The molecule has 2 aliphatic rings. The highest BCUT2D eigenvalue weighted by Gasteiger charge is 2.44. The van der Waals surface area contributed by atoms with Crippen LogP contribution in [-0.2, 0) is 49.4 Å². The van der Waals surface area contributed by atoms with E-state index in [1.165, 1.54) is 30.5 Å². The van der Waals surface area contributed by atoms with Crippen molar-refractivity contribution in [1.29, 1.82) is 0 Å². The number of carbonyl (C=O) groups excluding carboxylic acids is 4. The number of β-amino-alcohol motifs (C(OH)–C–C–N with tert-alkyl or cyclic N) is 1. The molecule has 3 atom stereocenters. The molecule has 0 aliphatic carbocycles. The van der Waals surface area contributed by atoms with Crippen molar-refractivity contribution in [2.75, 3.05) is 98.1 Å². The van der Waals surface area contributed by atoms with Crippen LogP contribution in [0.1, 0.15) is 64.1 Å². The smallest absolute Gasteiger partial charge is 0.246 e. The van der Waals surface area contributed by atoms with E-state index in [4.69, 9.17) is 56.4 Å². The van der Waals surface area contributed by atoms with Gasteiger partial charge in [-0.15, -0.1) is 11.3 Å². The predicted octanol–water partition coefficient (Wildman–Crippen LogP) is 7.30. The van der Waals surface area contributed by atoms with Gasteiger partial charge >= 0.3 is 0 Å². The molecule has 0 saturated carbocycles. The molecule has 0 spiro atoms. The number of aliphatic hydroxyl groups excluding tert-OH is 1. The minimum Gasteiger partial charge on any atom is -0.493 e. The summed E-state index contributed by atoms with van der Waals surface area (Å²) in [5.41, 5.74) is 4.66. The maximum absolute atomic E-state index is 14.9. The SMILES string of the molecule is COc1cc2ncnc(Nc3ccc(Cl)c(Cl)c3F)c2cc1OC1CCN(C(=O)CCOCCOCCOCCOCCOCCC(=O)N[C@H](C(=O)N2C[C@H](O)C[C@H]2C(=O)NCc2ccc(-c3scnc3C)cc2)C(C)(C)C)CC1. The van der Waals surface area contributed by atoms with E-state index in [-0.39, 0.29) is 91.7 Å². The molecule has 0 unspecified atom stereocenters. The van der Waals surface area contributed by atoms with Gasteiger partial charge in [0.05, 0.1) is 123 Å². The average molecular weight is 1170 g/mol. The van der Waals surface area contributed by atoms with Crippen LogP contribution in [0.4, 0.5) is 15.9 Å². The molecule has 4 N–H and O–H groups in total. The Bertz CT molecular complexity index is 2860. The lowest BCUT2D eigenvalue weighted by atomic mass is 9.85. The van der Waals surface area contributed by atoms with E-state index in [9.17, 15) is 28.7 Å². The number of rotatable bonds is 29. The van der Waals surface area contributed by atoms with Crippen LogP contribution < -0.4 is 25.4 Å². The summed E-state index contributed by atoms with van der Waals surface area (Å²) in [5.74, 6) is -0.616.